The predicted molar refractivity (Wildman–Crippen MR) is 138 cm³/mol. The summed E-state index contributed by atoms with van der Waals surface area (Å²) >= 11 is 0. The molecule has 0 amide bonds. The highest BCUT2D eigenvalue weighted by Crippen LogP contribution is 2.40. The first-order valence-electron chi connectivity index (χ1n) is 13.2. The van der Waals surface area contributed by atoms with Crippen molar-refractivity contribution in [2.45, 2.75) is 82.2 Å². The van der Waals surface area contributed by atoms with E-state index in [-0.39, 0.29) is 0 Å². The van der Waals surface area contributed by atoms with Crippen LogP contribution in [0.5, 0.6) is 0 Å². The lowest BCUT2D eigenvalue weighted by molar-refractivity contribution is -0.137. The van der Waals surface area contributed by atoms with Crippen molar-refractivity contribution in [2.75, 3.05) is 4.90 Å². The minimum absolute atomic E-state index is 0.618. The van der Waals surface area contributed by atoms with Gasteiger partial charge >= 0.3 is 6.18 Å². The molecule has 3 aromatic carbocycles. The highest BCUT2D eigenvalue weighted by atomic mass is 19.4. The molecule has 0 heterocycles. The molecule has 2 saturated carbocycles. The van der Waals surface area contributed by atoms with Gasteiger partial charge in [0.2, 0.25) is 0 Å². The van der Waals surface area contributed by atoms with Crippen LogP contribution in [0.1, 0.15) is 92.7 Å². The van der Waals surface area contributed by atoms with Crippen molar-refractivity contribution in [3.05, 3.63) is 89.5 Å². The van der Waals surface area contributed by atoms with E-state index in [1.54, 1.807) is 12.1 Å². The van der Waals surface area contributed by atoms with Crippen molar-refractivity contribution < 1.29 is 13.2 Å². The van der Waals surface area contributed by atoms with E-state index in [4.69, 9.17) is 0 Å². The summed E-state index contributed by atoms with van der Waals surface area (Å²) in [6, 6.07) is 22.8. The summed E-state index contributed by atoms with van der Waals surface area (Å²) in [6.07, 6.45) is 8.43. The Morgan fingerprint density at radius 1 is 0.486 bits per heavy atom. The van der Waals surface area contributed by atoms with E-state index in [1.807, 2.05) is 0 Å². The molecule has 4 heteroatoms. The van der Waals surface area contributed by atoms with Gasteiger partial charge in [-0.05, 0) is 97.2 Å². The quantitative estimate of drug-likeness (QED) is 0.353. The van der Waals surface area contributed by atoms with Gasteiger partial charge in [-0.3, -0.25) is 0 Å². The molecule has 2 aliphatic carbocycles. The van der Waals surface area contributed by atoms with Crippen molar-refractivity contribution in [3.63, 3.8) is 0 Å². The number of hydrogen-bond acceptors (Lipinski definition) is 1. The van der Waals surface area contributed by atoms with E-state index >= 15 is 0 Å². The van der Waals surface area contributed by atoms with Crippen LogP contribution in [-0.2, 0) is 6.18 Å². The smallest absolute Gasteiger partial charge is 0.311 e. The highest BCUT2D eigenvalue weighted by molar-refractivity contribution is 5.76. The molecule has 0 aromatic heterocycles. The molecule has 5 rings (SSSR count). The summed E-state index contributed by atoms with van der Waals surface area (Å²) in [6.45, 7) is 0. The molecule has 35 heavy (non-hydrogen) atoms. The second kappa shape index (κ2) is 10.5. The van der Waals surface area contributed by atoms with Crippen molar-refractivity contribution in [2.24, 2.45) is 0 Å². The Labute approximate surface area is 207 Å². The Bertz CT molecular complexity index is 1010. The SMILES string of the molecule is FC(F)(F)c1ccc(N(c2ccc(C3CCCCC3)cc2)c2ccc(C3CCCCC3)cc2)cc1. The standard InChI is InChI=1S/C31H34F3N/c32-31(33,34)27-15-21-30(22-16-27)35(28-17-11-25(12-18-28)23-7-3-1-4-8-23)29-19-13-26(14-20-29)24-9-5-2-6-10-24/h11-24H,1-10H2. The maximum atomic E-state index is 13.2. The van der Waals surface area contributed by atoms with Crippen LogP contribution in [0.25, 0.3) is 0 Å². The van der Waals surface area contributed by atoms with E-state index in [0.717, 1.165) is 17.1 Å². The van der Waals surface area contributed by atoms with Crippen LogP contribution in [0.15, 0.2) is 72.8 Å². The number of anilines is 3. The molecular weight excluding hydrogens is 443 g/mol. The maximum Gasteiger partial charge on any atom is 0.416 e. The summed E-state index contributed by atoms with van der Waals surface area (Å²) in [5, 5.41) is 0. The Morgan fingerprint density at radius 3 is 1.17 bits per heavy atom. The fourth-order valence-corrected chi connectivity index (χ4v) is 5.91. The van der Waals surface area contributed by atoms with Gasteiger partial charge in [-0.2, -0.15) is 13.2 Å². The molecule has 0 unspecified atom stereocenters. The molecule has 1 nitrogen and oxygen atoms in total. The lowest BCUT2D eigenvalue weighted by atomic mass is 9.84. The molecule has 0 aliphatic heterocycles. The van der Waals surface area contributed by atoms with Gasteiger partial charge in [0.1, 0.15) is 0 Å². The molecule has 2 aliphatic rings. The first-order chi connectivity index (χ1) is 17.0. The number of nitrogens with zero attached hydrogens (tertiary/aromatic N) is 1. The first kappa shape index (κ1) is 24.0. The zero-order chi connectivity index (χ0) is 24.3. The summed E-state index contributed by atoms with van der Waals surface area (Å²) in [7, 11) is 0. The second-order valence-electron chi connectivity index (χ2n) is 10.2. The average molecular weight is 478 g/mol. The summed E-state index contributed by atoms with van der Waals surface area (Å²) in [5.41, 5.74) is 4.78. The molecule has 0 spiro atoms. The lowest BCUT2D eigenvalue weighted by Crippen LogP contribution is -2.12. The van der Waals surface area contributed by atoms with Crippen LogP contribution in [-0.4, -0.2) is 0 Å². The molecule has 0 N–H and O–H groups in total. The van der Waals surface area contributed by atoms with Gasteiger partial charge in [0, 0.05) is 17.1 Å². The molecule has 3 aromatic rings. The second-order valence-corrected chi connectivity index (χ2v) is 10.2. The molecule has 0 bridgehead atoms. The van der Waals surface area contributed by atoms with Gasteiger partial charge in [-0.1, -0.05) is 62.8 Å². The third kappa shape index (κ3) is 5.58. The minimum Gasteiger partial charge on any atom is -0.311 e. The average Bonchev–Trinajstić information content (AvgIpc) is 2.90. The minimum atomic E-state index is -4.34. The fraction of sp³-hybridized carbons (Fsp3) is 0.419. The van der Waals surface area contributed by atoms with Gasteiger partial charge < -0.3 is 4.90 Å². The van der Waals surface area contributed by atoms with Crippen molar-refractivity contribution in [1.82, 2.24) is 0 Å². The van der Waals surface area contributed by atoms with Crippen LogP contribution in [0, 0.1) is 0 Å². The Kier molecular flexibility index (Phi) is 7.17. The Balaban J connectivity index is 1.46. The molecule has 0 atom stereocenters. The van der Waals surface area contributed by atoms with Crippen LogP contribution >= 0.6 is 0 Å². The molecule has 0 radical (unpaired) electrons. The van der Waals surface area contributed by atoms with E-state index < -0.39 is 11.7 Å². The van der Waals surface area contributed by atoms with E-state index in [0.29, 0.717) is 11.8 Å². The monoisotopic (exact) mass is 477 g/mol. The molecule has 184 valence electrons. The molecule has 2 fully saturated rings. The van der Waals surface area contributed by atoms with Gasteiger partial charge in [-0.25, -0.2) is 0 Å². The lowest BCUT2D eigenvalue weighted by Gasteiger charge is -2.28. The number of alkyl halides is 3. The summed E-state index contributed by atoms with van der Waals surface area (Å²) in [4.78, 5) is 2.06. The topological polar surface area (TPSA) is 3.24 Å². The van der Waals surface area contributed by atoms with Gasteiger partial charge in [0.15, 0.2) is 0 Å². The van der Waals surface area contributed by atoms with Crippen LogP contribution in [0.3, 0.4) is 0 Å². The van der Waals surface area contributed by atoms with Crippen molar-refractivity contribution in [1.29, 1.82) is 0 Å². The van der Waals surface area contributed by atoms with E-state index in [2.05, 4.69) is 53.4 Å². The molecule has 0 saturated heterocycles. The summed E-state index contributed by atoms with van der Waals surface area (Å²) < 4.78 is 39.6. The first-order valence-corrected chi connectivity index (χ1v) is 13.2. The summed E-state index contributed by atoms with van der Waals surface area (Å²) in [5.74, 6) is 1.24. The van der Waals surface area contributed by atoms with Gasteiger partial charge in [0.25, 0.3) is 0 Å². The van der Waals surface area contributed by atoms with Crippen LogP contribution in [0.2, 0.25) is 0 Å². The van der Waals surface area contributed by atoms with Gasteiger partial charge in [-0.15, -0.1) is 0 Å². The Hall–Kier alpha value is -2.75. The highest BCUT2D eigenvalue weighted by Gasteiger charge is 2.30. The number of benzene rings is 3. The Morgan fingerprint density at radius 2 is 0.829 bits per heavy atom. The van der Waals surface area contributed by atoms with Gasteiger partial charge in [0.05, 0.1) is 5.56 Å². The van der Waals surface area contributed by atoms with E-state index in [9.17, 15) is 13.2 Å². The normalized spacial score (nSPS) is 17.9. The zero-order valence-corrected chi connectivity index (χ0v) is 20.2. The number of halogens is 3. The fourth-order valence-electron chi connectivity index (χ4n) is 5.91. The van der Waals surface area contributed by atoms with E-state index in [1.165, 1.54) is 87.5 Å². The third-order valence-electron chi connectivity index (χ3n) is 7.91. The third-order valence-corrected chi connectivity index (χ3v) is 7.91. The van der Waals surface area contributed by atoms with Crippen molar-refractivity contribution >= 4 is 17.1 Å². The van der Waals surface area contributed by atoms with Crippen molar-refractivity contribution in [3.8, 4) is 0 Å². The number of rotatable bonds is 5. The largest absolute Gasteiger partial charge is 0.416 e. The van der Waals surface area contributed by atoms with Crippen LogP contribution < -0.4 is 4.90 Å². The predicted octanol–water partition coefficient (Wildman–Crippen LogP) is 10.3. The zero-order valence-electron chi connectivity index (χ0n) is 20.2. The maximum absolute atomic E-state index is 13.2. The number of hydrogen-bond donors (Lipinski definition) is 0. The van der Waals surface area contributed by atoms with Crippen LogP contribution in [0.4, 0.5) is 30.2 Å². The molecular formula is C31H34F3N.